The average molecular weight is 256 g/mol. The van der Waals surface area contributed by atoms with Crippen LogP contribution in [0.3, 0.4) is 0 Å². The van der Waals surface area contributed by atoms with Crippen molar-refractivity contribution < 1.29 is 13.4 Å². The van der Waals surface area contributed by atoms with E-state index in [1.807, 2.05) is 6.07 Å². The van der Waals surface area contributed by atoms with E-state index in [0.717, 1.165) is 5.76 Å². The first-order valence-electron chi connectivity index (χ1n) is 4.95. The Hall–Kier alpha value is -1.67. The lowest BCUT2D eigenvalue weighted by atomic mass is 10.5. The fourth-order valence-electron chi connectivity index (χ4n) is 1.20. The summed E-state index contributed by atoms with van der Waals surface area (Å²) in [7, 11) is 0. The van der Waals surface area contributed by atoms with Gasteiger partial charge in [-0.3, -0.25) is 0 Å². The number of ether oxygens (including phenoxy) is 1. The lowest BCUT2D eigenvalue weighted by Crippen LogP contribution is -2.36. The molecule has 1 aromatic heterocycles. The third-order valence-electron chi connectivity index (χ3n) is 1.95. The van der Waals surface area contributed by atoms with E-state index in [9.17, 15) is 4.21 Å². The van der Waals surface area contributed by atoms with Crippen molar-refractivity contribution in [2.24, 2.45) is 14.5 Å². The Balaban J connectivity index is 1.63. The van der Waals surface area contributed by atoms with Crippen LogP contribution in [0.15, 0.2) is 31.6 Å². The highest BCUT2D eigenvalue weighted by Crippen LogP contribution is 2.01. The Morgan fingerprint density at radius 3 is 3.06 bits per heavy atom. The molecule has 0 saturated heterocycles. The zero-order valence-electron chi connectivity index (χ0n) is 8.96. The molecule has 0 saturated carbocycles. The van der Waals surface area contributed by atoms with Crippen LogP contribution in [0, 0.1) is 0 Å². The van der Waals surface area contributed by atoms with Crippen LogP contribution in [0.2, 0.25) is 0 Å². The predicted octanol–water partition coefficient (Wildman–Crippen LogP) is -0.266. The highest BCUT2D eigenvalue weighted by molar-refractivity contribution is 7.83. The van der Waals surface area contributed by atoms with Gasteiger partial charge in [0.15, 0.2) is 11.7 Å². The predicted molar refractivity (Wildman–Crippen MR) is 63.6 cm³/mol. The maximum Gasteiger partial charge on any atom is 0.269 e. The summed E-state index contributed by atoms with van der Waals surface area (Å²) in [5.74, 6) is 1.28. The summed E-state index contributed by atoms with van der Waals surface area (Å²) in [6.45, 7) is 1.38. The van der Waals surface area contributed by atoms with Crippen molar-refractivity contribution in [3.05, 3.63) is 24.2 Å². The number of hydrogen-bond acceptors (Lipinski definition) is 5. The van der Waals surface area contributed by atoms with E-state index in [1.54, 1.807) is 12.3 Å². The fraction of sp³-hybridized carbons (Fsp3) is 0.333. The normalized spacial score (nSPS) is 18.9. The molecule has 2 heterocycles. The zero-order valence-corrected chi connectivity index (χ0v) is 9.77. The Morgan fingerprint density at radius 2 is 2.41 bits per heavy atom. The van der Waals surface area contributed by atoms with E-state index in [4.69, 9.17) is 14.9 Å². The summed E-state index contributed by atoms with van der Waals surface area (Å²) in [6.07, 6.45) is 1.59. The molecule has 7 nitrogen and oxygen atoms in total. The highest BCUT2D eigenvalue weighted by atomic mass is 32.2. The van der Waals surface area contributed by atoms with Crippen LogP contribution < -0.4 is 11.1 Å². The second kappa shape index (κ2) is 5.60. The van der Waals surface area contributed by atoms with Crippen molar-refractivity contribution in [3.8, 4) is 0 Å². The third kappa shape index (κ3) is 3.40. The standard InChI is InChI=1S/C9H12N4O3S/c10-8-9(13-17(14)12-8)11-3-5-15-6-7-2-1-4-16-7/h1-2,4H,3,5-6H2,(H2,10,12)(H,11,13). The van der Waals surface area contributed by atoms with Gasteiger partial charge in [-0.1, -0.05) is 0 Å². The molecule has 17 heavy (non-hydrogen) atoms. The quantitative estimate of drug-likeness (QED) is 0.706. The molecule has 0 aromatic carbocycles. The molecular weight excluding hydrogens is 244 g/mol. The van der Waals surface area contributed by atoms with Gasteiger partial charge in [0.1, 0.15) is 12.4 Å². The largest absolute Gasteiger partial charge is 0.467 e. The Morgan fingerprint density at radius 1 is 1.53 bits per heavy atom. The van der Waals surface area contributed by atoms with Gasteiger partial charge in [-0.2, -0.15) is 0 Å². The van der Waals surface area contributed by atoms with E-state index < -0.39 is 11.2 Å². The minimum atomic E-state index is -1.58. The number of nitrogens with two attached hydrogens (primary N) is 1. The summed E-state index contributed by atoms with van der Waals surface area (Å²) in [5.41, 5.74) is 5.47. The monoisotopic (exact) mass is 256 g/mol. The van der Waals surface area contributed by atoms with Crippen LogP contribution >= 0.6 is 0 Å². The van der Waals surface area contributed by atoms with Crippen LogP contribution in [0.5, 0.6) is 0 Å². The Kier molecular flexibility index (Phi) is 3.89. The van der Waals surface area contributed by atoms with Gasteiger partial charge in [0.2, 0.25) is 0 Å². The maximum absolute atomic E-state index is 10.9. The molecule has 0 fully saturated rings. The highest BCUT2D eigenvalue weighted by Gasteiger charge is 2.14. The first-order valence-corrected chi connectivity index (χ1v) is 6.01. The van der Waals surface area contributed by atoms with E-state index >= 15 is 0 Å². The molecular formula is C9H12N4O3S. The van der Waals surface area contributed by atoms with Gasteiger partial charge in [0.05, 0.1) is 12.9 Å². The Bertz CT molecular complexity index is 455. The zero-order chi connectivity index (χ0) is 12.1. The molecule has 2 rings (SSSR count). The smallest absolute Gasteiger partial charge is 0.269 e. The minimum Gasteiger partial charge on any atom is -0.467 e. The second-order valence-corrected chi connectivity index (χ2v) is 4.03. The summed E-state index contributed by atoms with van der Waals surface area (Å²) < 4.78 is 28.6. The lowest BCUT2D eigenvalue weighted by Gasteiger charge is -2.05. The molecule has 92 valence electrons. The van der Waals surface area contributed by atoms with Gasteiger partial charge in [-0.15, -0.1) is 8.80 Å². The van der Waals surface area contributed by atoms with Crippen LogP contribution in [0.1, 0.15) is 5.76 Å². The van der Waals surface area contributed by atoms with Crippen molar-refractivity contribution >= 4 is 22.8 Å². The second-order valence-electron chi connectivity index (χ2n) is 3.21. The van der Waals surface area contributed by atoms with E-state index in [2.05, 4.69) is 14.1 Å². The summed E-state index contributed by atoms with van der Waals surface area (Å²) in [4.78, 5) is 0. The van der Waals surface area contributed by atoms with Crippen LogP contribution in [-0.2, 0) is 22.5 Å². The minimum absolute atomic E-state index is 0.161. The van der Waals surface area contributed by atoms with Crippen molar-refractivity contribution in [3.63, 3.8) is 0 Å². The van der Waals surface area contributed by atoms with Gasteiger partial charge < -0.3 is 20.2 Å². The number of nitrogens with zero attached hydrogens (tertiary/aromatic N) is 2. The molecule has 0 spiro atoms. The van der Waals surface area contributed by atoms with Crippen LogP contribution in [0.4, 0.5) is 0 Å². The first kappa shape index (κ1) is 11.8. The van der Waals surface area contributed by atoms with E-state index in [1.165, 1.54) is 0 Å². The van der Waals surface area contributed by atoms with Crippen LogP contribution in [-0.4, -0.2) is 29.0 Å². The molecule has 1 atom stereocenters. The number of amidine groups is 2. The van der Waals surface area contributed by atoms with Crippen molar-refractivity contribution in [1.82, 2.24) is 5.32 Å². The molecule has 1 unspecified atom stereocenters. The van der Waals surface area contributed by atoms with E-state index in [0.29, 0.717) is 25.6 Å². The average Bonchev–Trinajstić information content (AvgIpc) is 2.89. The van der Waals surface area contributed by atoms with Crippen molar-refractivity contribution in [1.29, 1.82) is 0 Å². The van der Waals surface area contributed by atoms with Crippen molar-refractivity contribution in [2.75, 3.05) is 13.2 Å². The number of furan rings is 1. The molecule has 8 heteroatoms. The fourth-order valence-corrected chi connectivity index (χ4v) is 1.81. The maximum atomic E-state index is 10.9. The third-order valence-corrected chi connectivity index (χ3v) is 2.64. The van der Waals surface area contributed by atoms with Gasteiger partial charge in [-0.05, 0) is 12.1 Å². The number of rotatable bonds is 5. The van der Waals surface area contributed by atoms with Crippen LogP contribution in [0.25, 0.3) is 0 Å². The molecule has 1 aromatic rings. The summed E-state index contributed by atoms with van der Waals surface area (Å²) >= 11 is -1.58. The van der Waals surface area contributed by atoms with Gasteiger partial charge in [0.25, 0.3) is 11.2 Å². The van der Waals surface area contributed by atoms with Gasteiger partial charge >= 0.3 is 0 Å². The number of hydrogen-bond donors (Lipinski definition) is 2. The molecule has 1 aliphatic heterocycles. The molecule has 0 aliphatic carbocycles. The SMILES string of the molecule is NC1=NS(=O)N=C1NCCOCc1ccco1. The van der Waals surface area contributed by atoms with Crippen molar-refractivity contribution in [2.45, 2.75) is 6.61 Å². The Labute approximate surface area is 100 Å². The molecule has 1 aliphatic rings. The first-order chi connectivity index (χ1) is 8.25. The lowest BCUT2D eigenvalue weighted by molar-refractivity contribution is 0.110. The topological polar surface area (TPSA) is 102 Å². The molecule has 0 bridgehead atoms. The van der Waals surface area contributed by atoms with E-state index in [-0.39, 0.29) is 5.84 Å². The van der Waals surface area contributed by atoms with Gasteiger partial charge in [0, 0.05) is 6.54 Å². The molecule has 0 radical (unpaired) electrons. The summed E-state index contributed by atoms with van der Waals surface area (Å²) in [6, 6.07) is 3.64. The molecule has 3 N–H and O–H groups in total. The molecule has 0 amide bonds. The number of nitrogens with one attached hydrogen (secondary N) is 1. The summed E-state index contributed by atoms with van der Waals surface area (Å²) in [5, 5.41) is 2.89. The van der Waals surface area contributed by atoms with Gasteiger partial charge in [-0.25, -0.2) is 4.21 Å².